The van der Waals surface area contributed by atoms with Crippen molar-refractivity contribution in [3.05, 3.63) is 194 Å². The van der Waals surface area contributed by atoms with Crippen molar-refractivity contribution in [2.45, 2.75) is 0 Å². The first-order valence-electron chi connectivity index (χ1n) is 17.9. The average Bonchev–Trinajstić information content (AvgIpc) is 3.62. The molecule has 10 aromatic rings. The van der Waals surface area contributed by atoms with Crippen LogP contribution in [0.15, 0.2) is 194 Å². The summed E-state index contributed by atoms with van der Waals surface area (Å²) in [6.45, 7) is 0. The molecule has 0 spiro atoms. The van der Waals surface area contributed by atoms with Crippen LogP contribution in [0.25, 0.3) is 98.2 Å². The van der Waals surface area contributed by atoms with Gasteiger partial charge in [-0.3, -0.25) is 0 Å². The van der Waals surface area contributed by atoms with Crippen LogP contribution in [0.4, 0.5) is 0 Å². The van der Waals surface area contributed by atoms with Gasteiger partial charge in [-0.25, -0.2) is 9.97 Å². The van der Waals surface area contributed by atoms with Gasteiger partial charge < -0.3 is 0 Å². The first-order valence-corrected chi connectivity index (χ1v) is 18.7. The fourth-order valence-electron chi connectivity index (χ4n) is 7.26. The number of thiophene rings is 1. The third-order valence-electron chi connectivity index (χ3n) is 10.1. The lowest BCUT2D eigenvalue weighted by atomic mass is 9.97. The molecule has 3 heteroatoms. The van der Waals surface area contributed by atoms with E-state index in [0.29, 0.717) is 5.82 Å². The molecule has 0 atom stereocenters. The molecule has 0 saturated carbocycles. The Labute approximate surface area is 312 Å². The van der Waals surface area contributed by atoms with E-state index in [2.05, 4.69) is 176 Å². The molecule has 0 unspecified atom stereocenters. The van der Waals surface area contributed by atoms with Crippen LogP contribution in [0.2, 0.25) is 0 Å². The standard InChI is InChI=1S/C50H32N2S/c1-2-9-40(10-3-1)50-51-46(32-47(52-50)39-25-20-36(21-26-39)42-27-22-33-8-4-5-11-41(33)30-42)38-23-18-35(19-24-38)34-14-16-37(17-15-34)43-28-29-49-45(31-43)44-12-6-7-13-48(44)53-49/h1-32H. The van der Waals surface area contributed by atoms with Gasteiger partial charge in [-0.05, 0) is 74.5 Å². The molecule has 0 aliphatic heterocycles. The Morgan fingerprint density at radius 3 is 1.42 bits per heavy atom. The zero-order valence-electron chi connectivity index (χ0n) is 28.8. The highest BCUT2D eigenvalue weighted by Gasteiger charge is 2.12. The van der Waals surface area contributed by atoms with Crippen molar-refractivity contribution in [2.24, 2.45) is 0 Å². The largest absolute Gasteiger partial charge is 0.228 e. The highest BCUT2D eigenvalue weighted by atomic mass is 32.1. The van der Waals surface area contributed by atoms with Crippen molar-refractivity contribution in [3.8, 4) is 67.3 Å². The quantitative estimate of drug-likeness (QED) is 0.173. The van der Waals surface area contributed by atoms with Crippen LogP contribution in [-0.4, -0.2) is 9.97 Å². The lowest BCUT2D eigenvalue weighted by Crippen LogP contribution is -1.96. The van der Waals surface area contributed by atoms with E-state index < -0.39 is 0 Å². The summed E-state index contributed by atoms with van der Waals surface area (Å²) in [6, 6.07) is 69.3. The maximum atomic E-state index is 5.07. The van der Waals surface area contributed by atoms with Gasteiger partial charge in [0.2, 0.25) is 0 Å². The van der Waals surface area contributed by atoms with Crippen LogP contribution in [-0.2, 0) is 0 Å². The summed E-state index contributed by atoms with van der Waals surface area (Å²) in [6.07, 6.45) is 0. The molecule has 248 valence electrons. The van der Waals surface area contributed by atoms with E-state index in [-0.39, 0.29) is 0 Å². The van der Waals surface area contributed by atoms with E-state index in [4.69, 9.17) is 9.97 Å². The van der Waals surface area contributed by atoms with Crippen molar-refractivity contribution < 1.29 is 0 Å². The van der Waals surface area contributed by atoms with E-state index in [9.17, 15) is 0 Å². The SMILES string of the molecule is c1ccc(-c2nc(-c3ccc(-c4ccc(-c5ccc6sc7ccccc7c6c5)cc4)cc3)cc(-c3ccc(-c4ccc5ccccc5c4)cc3)n2)cc1. The molecule has 0 bridgehead atoms. The third-order valence-corrected chi connectivity index (χ3v) is 11.3. The summed E-state index contributed by atoms with van der Waals surface area (Å²) in [7, 11) is 0. The van der Waals surface area contributed by atoms with E-state index in [1.807, 2.05) is 29.5 Å². The Balaban J connectivity index is 0.950. The highest BCUT2D eigenvalue weighted by molar-refractivity contribution is 7.25. The zero-order valence-corrected chi connectivity index (χ0v) is 29.6. The molecule has 2 aromatic heterocycles. The average molecular weight is 693 g/mol. The predicted octanol–water partition coefficient (Wildman–Crippen LogP) is 14.0. The van der Waals surface area contributed by atoms with Crippen LogP contribution >= 0.6 is 11.3 Å². The molecule has 53 heavy (non-hydrogen) atoms. The second-order valence-electron chi connectivity index (χ2n) is 13.4. The summed E-state index contributed by atoms with van der Waals surface area (Å²) in [5.41, 5.74) is 12.1. The number of hydrogen-bond donors (Lipinski definition) is 0. The van der Waals surface area contributed by atoms with Crippen LogP contribution in [0.3, 0.4) is 0 Å². The number of fused-ring (bicyclic) bond motifs is 4. The van der Waals surface area contributed by atoms with Crippen molar-refractivity contribution in [3.63, 3.8) is 0 Å². The van der Waals surface area contributed by atoms with Gasteiger partial charge in [0.25, 0.3) is 0 Å². The predicted molar refractivity (Wildman–Crippen MR) is 225 cm³/mol. The maximum Gasteiger partial charge on any atom is 0.160 e. The summed E-state index contributed by atoms with van der Waals surface area (Å²) < 4.78 is 2.66. The van der Waals surface area contributed by atoms with Crippen molar-refractivity contribution in [2.75, 3.05) is 0 Å². The second kappa shape index (κ2) is 13.1. The molecule has 0 radical (unpaired) electrons. The molecule has 0 fully saturated rings. The molecular formula is C50H32N2S. The van der Waals surface area contributed by atoms with Gasteiger partial charge in [0.05, 0.1) is 11.4 Å². The number of aromatic nitrogens is 2. The molecule has 8 aromatic carbocycles. The Hall–Kier alpha value is -6.68. The second-order valence-corrected chi connectivity index (χ2v) is 14.5. The van der Waals surface area contributed by atoms with Gasteiger partial charge >= 0.3 is 0 Å². The topological polar surface area (TPSA) is 25.8 Å². The maximum absolute atomic E-state index is 5.07. The lowest BCUT2D eigenvalue weighted by Gasteiger charge is -2.11. The molecular weight excluding hydrogens is 661 g/mol. The fourth-order valence-corrected chi connectivity index (χ4v) is 8.34. The van der Waals surface area contributed by atoms with Crippen LogP contribution in [0.5, 0.6) is 0 Å². The fraction of sp³-hybridized carbons (Fsp3) is 0. The Kier molecular flexibility index (Phi) is 7.71. The van der Waals surface area contributed by atoms with Crippen LogP contribution in [0, 0.1) is 0 Å². The zero-order chi connectivity index (χ0) is 35.1. The Morgan fingerprint density at radius 1 is 0.283 bits per heavy atom. The molecule has 0 aliphatic rings. The van der Waals surface area contributed by atoms with E-state index in [1.165, 1.54) is 64.3 Å². The molecule has 0 amide bonds. The Morgan fingerprint density at radius 2 is 0.755 bits per heavy atom. The van der Waals surface area contributed by atoms with Gasteiger partial charge in [-0.15, -0.1) is 11.3 Å². The first kappa shape index (κ1) is 31.1. The minimum Gasteiger partial charge on any atom is -0.228 e. The summed E-state index contributed by atoms with van der Waals surface area (Å²) in [5.74, 6) is 0.713. The van der Waals surface area contributed by atoms with E-state index in [0.717, 1.165) is 28.1 Å². The van der Waals surface area contributed by atoms with Crippen molar-refractivity contribution in [1.82, 2.24) is 9.97 Å². The Bertz CT molecular complexity index is 2910. The first-order chi connectivity index (χ1) is 26.2. The molecule has 0 saturated heterocycles. The number of nitrogens with zero attached hydrogens (tertiary/aromatic N) is 2. The summed E-state index contributed by atoms with van der Waals surface area (Å²) in [5, 5.41) is 5.14. The van der Waals surface area contributed by atoms with Gasteiger partial charge in [-0.2, -0.15) is 0 Å². The number of benzene rings is 8. The van der Waals surface area contributed by atoms with E-state index >= 15 is 0 Å². The van der Waals surface area contributed by atoms with Crippen molar-refractivity contribution >= 4 is 42.3 Å². The minimum absolute atomic E-state index is 0.713. The minimum atomic E-state index is 0.713. The van der Waals surface area contributed by atoms with Gasteiger partial charge in [0.1, 0.15) is 0 Å². The summed E-state index contributed by atoms with van der Waals surface area (Å²) in [4.78, 5) is 10.1. The lowest BCUT2D eigenvalue weighted by molar-refractivity contribution is 1.18. The smallest absolute Gasteiger partial charge is 0.160 e. The number of rotatable bonds is 6. The molecule has 2 nitrogen and oxygen atoms in total. The van der Waals surface area contributed by atoms with Crippen molar-refractivity contribution in [1.29, 1.82) is 0 Å². The van der Waals surface area contributed by atoms with E-state index in [1.54, 1.807) is 0 Å². The highest BCUT2D eigenvalue weighted by Crippen LogP contribution is 2.37. The number of hydrogen-bond acceptors (Lipinski definition) is 3. The van der Waals surface area contributed by atoms with Gasteiger partial charge in [0, 0.05) is 36.9 Å². The molecule has 2 heterocycles. The molecule has 10 rings (SSSR count). The molecule has 0 N–H and O–H groups in total. The summed E-state index contributed by atoms with van der Waals surface area (Å²) >= 11 is 1.86. The molecule has 0 aliphatic carbocycles. The van der Waals surface area contributed by atoms with Gasteiger partial charge in [0.15, 0.2) is 5.82 Å². The normalized spacial score (nSPS) is 11.4. The van der Waals surface area contributed by atoms with Gasteiger partial charge in [-0.1, -0.05) is 164 Å². The van der Waals surface area contributed by atoms with Crippen LogP contribution in [0.1, 0.15) is 0 Å². The van der Waals surface area contributed by atoms with Crippen LogP contribution < -0.4 is 0 Å². The third kappa shape index (κ3) is 5.97. The monoisotopic (exact) mass is 692 g/mol.